The average Bonchev–Trinajstić information content (AvgIpc) is 2.66. The van der Waals surface area contributed by atoms with E-state index in [-0.39, 0.29) is 12.3 Å². The van der Waals surface area contributed by atoms with Crippen molar-refractivity contribution in [2.75, 3.05) is 18.5 Å². The third kappa shape index (κ3) is 3.92. The van der Waals surface area contributed by atoms with Gasteiger partial charge in [-0.25, -0.2) is 4.79 Å². The molecule has 26 heavy (non-hydrogen) atoms. The molecule has 0 amide bonds. The number of carbonyl (C=O) groups excluding carboxylic acids is 1. The molecule has 0 saturated heterocycles. The number of carbonyl (C=O) groups is 1. The molecule has 7 heteroatoms. The molecule has 0 aromatic heterocycles. The van der Waals surface area contributed by atoms with E-state index in [9.17, 15) is 14.9 Å². The second-order valence-electron chi connectivity index (χ2n) is 5.51. The molecule has 0 aliphatic heterocycles. The third-order valence-corrected chi connectivity index (χ3v) is 4.16. The minimum absolute atomic E-state index is 0.0246. The van der Waals surface area contributed by atoms with Gasteiger partial charge in [0.05, 0.1) is 10.5 Å². The Morgan fingerprint density at radius 1 is 1.04 bits per heavy atom. The normalized spacial score (nSPS) is 10.5. The van der Waals surface area contributed by atoms with Crippen LogP contribution in [0.3, 0.4) is 0 Å². The van der Waals surface area contributed by atoms with E-state index in [2.05, 4.69) is 5.32 Å². The van der Waals surface area contributed by atoms with Crippen LogP contribution in [0.15, 0.2) is 60.7 Å². The standard InChI is InChI=1S/C19H15ClN2O4/c20-18-10-9-17(15-3-1-2-4-16(15)18)19(23)26-12-11-21-13-5-7-14(8-6-13)22(24)25/h1-10,21H,11-12H2. The van der Waals surface area contributed by atoms with E-state index in [1.165, 1.54) is 12.1 Å². The van der Waals surface area contributed by atoms with Crippen LogP contribution in [0.25, 0.3) is 10.8 Å². The zero-order valence-corrected chi connectivity index (χ0v) is 14.4. The Kier molecular flexibility index (Phi) is 5.34. The first-order chi connectivity index (χ1) is 12.6. The minimum atomic E-state index is -0.456. The fourth-order valence-electron chi connectivity index (χ4n) is 2.56. The van der Waals surface area contributed by atoms with Gasteiger partial charge in [0, 0.05) is 34.8 Å². The summed E-state index contributed by atoms with van der Waals surface area (Å²) in [6.45, 7) is 0.543. The predicted molar refractivity (Wildman–Crippen MR) is 101 cm³/mol. The van der Waals surface area contributed by atoms with Gasteiger partial charge in [0.2, 0.25) is 0 Å². The lowest BCUT2D eigenvalue weighted by atomic mass is 10.0. The molecule has 0 saturated carbocycles. The number of nitrogens with zero attached hydrogens (tertiary/aromatic N) is 1. The summed E-state index contributed by atoms with van der Waals surface area (Å²) >= 11 is 6.15. The van der Waals surface area contributed by atoms with Crippen LogP contribution in [0, 0.1) is 10.1 Å². The summed E-state index contributed by atoms with van der Waals surface area (Å²) in [6, 6.07) is 16.7. The van der Waals surface area contributed by atoms with E-state index in [0.29, 0.717) is 22.8 Å². The van der Waals surface area contributed by atoms with Crippen molar-refractivity contribution in [2.45, 2.75) is 0 Å². The van der Waals surface area contributed by atoms with Crippen LogP contribution in [0.5, 0.6) is 0 Å². The Bertz CT molecular complexity index is 957. The molecule has 0 atom stereocenters. The van der Waals surface area contributed by atoms with Gasteiger partial charge in [0.1, 0.15) is 6.61 Å². The molecule has 0 heterocycles. The molecule has 0 unspecified atom stereocenters. The molecule has 132 valence electrons. The Labute approximate surface area is 154 Å². The molecule has 3 aromatic carbocycles. The summed E-state index contributed by atoms with van der Waals surface area (Å²) in [5.41, 5.74) is 1.19. The summed E-state index contributed by atoms with van der Waals surface area (Å²) in [5.74, 6) is -0.427. The number of anilines is 1. The number of nitro benzene ring substituents is 1. The first kappa shape index (κ1) is 17.7. The van der Waals surface area contributed by atoms with E-state index in [1.54, 1.807) is 24.3 Å². The molecular formula is C19H15ClN2O4. The van der Waals surface area contributed by atoms with Crippen LogP contribution >= 0.6 is 11.6 Å². The molecule has 0 fully saturated rings. The Morgan fingerprint density at radius 3 is 2.42 bits per heavy atom. The van der Waals surface area contributed by atoms with Crippen LogP contribution < -0.4 is 5.32 Å². The number of ether oxygens (including phenoxy) is 1. The highest BCUT2D eigenvalue weighted by Gasteiger charge is 2.13. The molecule has 0 radical (unpaired) electrons. The Morgan fingerprint density at radius 2 is 1.73 bits per heavy atom. The van der Waals surface area contributed by atoms with Crippen molar-refractivity contribution >= 4 is 39.7 Å². The average molecular weight is 371 g/mol. The van der Waals surface area contributed by atoms with Gasteiger partial charge >= 0.3 is 5.97 Å². The van der Waals surface area contributed by atoms with Crippen LogP contribution in [-0.2, 0) is 4.74 Å². The van der Waals surface area contributed by atoms with Crippen molar-refractivity contribution in [1.82, 2.24) is 0 Å². The van der Waals surface area contributed by atoms with Crippen LogP contribution in [0.2, 0.25) is 5.02 Å². The maximum atomic E-state index is 12.3. The van der Waals surface area contributed by atoms with E-state index in [4.69, 9.17) is 16.3 Å². The first-order valence-electron chi connectivity index (χ1n) is 7.89. The zero-order valence-electron chi connectivity index (χ0n) is 13.6. The number of fused-ring (bicyclic) bond motifs is 1. The topological polar surface area (TPSA) is 81.5 Å². The number of hydrogen-bond acceptors (Lipinski definition) is 5. The Hall–Kier alpha value is -3.12. The molecule has 6 nitrogen and oxygen atoms in total. The van der Waals surface area contributed by atoms with Gasteiger partial charge in [-0.1, -0.05) is 35.9 Å². The number of non-ortho nitro benzene ring substituents is 1. The monoisotopic (exact) mass is 370 g/mol. The number of rotatable bonds is 6. The molecule has 0 bridgehead atoms. The molecule has 0 aliphatic carbocycles. The van der Waals surface area contributed by atoms with Crippen molar-refractivity contribution in [1.29, 1.82) is 0 Å². The second-order valence-corrected chi connectivity index (χ2v) is 5.91. The molecule has 1 N–H and O–H groups in total. The summed E-state index contributed by atoms with van der Waals surface area (Å²) < 4.78 is 5.31. The van der Waals surface area contributed by atoms with E-state index < -0.39 is 10.9 Å². The largest absolute Gasteiger partial charge is 0.460 e. The number of nitrogens with one attached hydrogen (secondary N) is 1. The fraction of sp³-hybridized carbons (Fsp3) is 0.105. The van der Waals surface area contributed by atoms with Crippen molar-refractivity contribution in [3.05, 3.63) is 81.4 Å². The van der Waals surface area contributed by atoms with E-state index in [0.717, 1.165) is 10.8 Å². The lowest BCUT2D eigenvalue weighted by Gasteiger charge is -2.10. The van der Waals surface area contributed by atoms with Crippen molar-refractivity contribution in [2.24, 2.45) is 0 Å². The maximum absolute atomic E-state index is 12.3. The number of nitro groups is 1. The summed E-state index contributed by atoms with van der Waals surface area (Å²) in [6.07, 6.45) is 0. The SMILES string of the molecule is O=C(OCCNc1ccc([N+](=O)[O-])cc1)c1ccc(Cl)c2ccccc12. The summed E-state index contributed by atoms with van der Waals surface area (Å²) in [7, 11) is 0. The van der Waals surface area contributed by atoms with E-state index in [1.807, 2.05) is 24.3 Å². The van der Waals surface area contributed by atoms with Gasteiger partial charge in [0.25, 0.3) is 5.69 Å². The van der Waals surface area contributed by atoms with Crippen molar-refractivity contribution in [3.8, 4) is 0 Å². The van der Waals surface area contributed by atoms with Crippen LogP contribution in [0.1, 0.15) is 10.4 Å². The highest BCUT2D eigenvalue weighted by Crippen LogP contribution is 2.26. The smallest absolute Gasteiger partial charge is 0.338 e. The van der Waals surface area contributed by atoms with Gasteiger partial charge in [-0.3, -0.25) is 10.1 Å². The third-order valence-electron chi connectivity index (χ3n) is 3.83. The molecule has 3 rings (SSSR count). The summed E-state index contributed by atoms with van der Waals surface area (Å²) in [4.78, 5) is 22.5. The Balaban J connectivity index is 1.58. The second kappa shape index (κ2) is 7.84. The van der Waals surface area contributed by atoms with Gasteiger partial charge in [-0.05, 0) is 29.7 Å². The number of esters is 1. The van der Waals surface area contributed by atoms with Gasteiger partial charge < -0.3 is 10.1 Å². The molecule has 0 spiro atoms. The molecule has 3 aromatic rings. The number of benzene rings is 3. The van der Waals surface area contributed by atoms with Crippen LogP contribution in [-0.4, -0.2) is 24.0 Å². The number of halogens is 1. The maximum Gasteiger partial charge on any atom is 0.338 e. The first-order valence-corrected chi connectivity index (χ1v) is 8.27. The van der Waals surface area contributed by atoms with Gasteiger partial charge in [-0.15, -0.1) is 0 Å². The lowest BCUT2D eigenvalue weighted by molar-refractivity contribution is -0.384. The lowest BCUT2D eigenvalue weighted by Crippen LogP contribution is -2.14. The minimum Gasteiger partial charge on any atom is -0.460 e. The zero-order chi connectivity index (χ0) is 18.5. The van der Waals surface area contributed by atoms with Crippen LogP contribution in [0.4, 0.5) is 11.4 Å². The van der Waals surface area contributed by atoms with E-state index >= 15 is 0 Å². The number of hydrogen-bond donors (Lipinski definition) is 1. The van der Waals surface area contributed by atoms with Crippen molar-refractivity contribution < 1.29 is 14.5 Å². The highest BCUT2D eigenvalue weighted by molar-refractivity contribution is 6.36. The summed E-state index contributed by atoms with van der Waals surface area (Å²) in [5, 5.41) is 15.8. The van der Waals surface area contributed by atoms with Crippen molar-refractivity contribution in [3.63, 3.8) is 0 Å². The highest BCUT2D eigenvalue weighted by atomic mass is 35.5. The molecular weight excluding hydrogens is 356 g/mol. The predicted octanol–water partition coefficient (Wildman–Crippen LogP) is 4.67. The molecule has 0 aliphatic rings. The quantitative estimate of drug-likeness (QED) is 0.295. The fourth-order valence-corrected chi connectivity index (χ4v) is 2.79. The van der Waals surface area contributed by atoms with Gasteiger partial charge in [-0.2, -0.15) is 0 Å². The van der Waals surface area contributed by atoms with Gasteiger partial charge in [0.15, 0.2) is 0 Å².